The van der Waals surface area contributed by atoms with E-state index in [1.165, 1.54) is 0 Å². The number of rotatable bonds is 3. The molecule has 1 heterocycles. The van der Waals surface area contributed by atoms with Gasteiger partial charge in [0, 0.05) is 0 Å². The van der Waals surface area contributed by atoms with Crippen molar-refractivity contribution < 1.29 is 9.53 Å². The maximum atomic E-state index is 11.4. The number of nitrogens with one attached hydrogen (secondary N) is 2. The average Bonchev–Trinajstić information content (AvgIpc) is 2.67. The average molecular weight is 259 g/mol. The lowest BCUT2D eigenvalue weighted by atomic mass is 10.2. The Morgan fingerprint density at radius 1 is 1.33 bits per heavy atom. The first kappa shape index (κ1) is 12.1. The minimum absolute atomic E-state index is 0.0126. The molecule has 1 aliphatic heterocycles. The van der Waals surface area contributed by atoms with Gasteiger partial charge in [0.2, 0.25) is 0 Å². The lowest BCUT2D eigenvalue weighted by Gasteiger charge is -2.01. The van der Waals surface area contributed by atoms with Crippen LogP contribution in [0, 0.1) is 11.3 Å². The summed E-state index contributed by atoms with van der Waals surface area (Å²) in [6.45, 7) is 0.0126. The number of thiocarbonyl (C=S) groups is 1. The van der Waals surface area contributed by atoms with Gasteiger partial charge in [-0.05, 0) is 36.0 Å². The van der Waals surface area contributed by atoms with E-state index in [9.17, 15) is 4.79 Å². The van der Waals surface area contributed by atoms with Gasteiger partial charge in [0.15, 0.2) is 11.7 Å². The van der Waals surface area contributed by atoms with Crippen LogP contribution >= 0.6 is 12.2 Å². The normalized spacial score (nSPS) is 16.1. The standard InChI is InChI=1S/C12H9N3O2S/c13-5-6-17-9-3-1-8(2-4-9)7-10-11(16)15-12(18)14-10/h1-4,7H,6H2,(H2,14,15,16,18)/b10-7-. The summed E-state index contributed by atoms with van der Waals surface area (Å²) >= 11 is 4.82. The molecule has 18 heavy (non-hydrogen) atoms. The summed E-state index contributed by atoms with van der Waals surface area (Å²) in [5, 5.41) is 13.9. The van der Waals surface area contributed by atoms with Crippen molar-refractivity contribution in [1.82, 2.24) is 10.6 Å². The third-order valence-electron chi connectivity index (χ3n) is 2.21. The van der Waals surface area contributed by atoms with E-state index in [2.05, 4.69) is 10.6 Å². The second-order valence-corrected chi connectivity index (χ2v) is 3.89. The molecule has 0 atom stereocenters. The third-order valence-corrected chi connectivity index (χ3v) is 2.42. The quantitative estimate of drug-likeness (QED) is 0.624. The van der Waals surface area contributed by atoms with Crippen LogP contribution in [0.15, 0.2) is 30.0 Å². The number of hydrogen-bond acceptors (Lipinski definition) is 4. The number of amides is 1. The van der Waals surface area contributed by atoms with Crippen molar-refractivity contribution in [3.05, 3.63) is 35.5 Å². The SMILES string of the molecule is N#CCOc1ccc(/C=C2\NC(=S)NC2=O)cc1. The first-order valence-electron chi connectivity index (χ1n) is 5.13. The first-order valence-corrected chi connectivity index (χ1v) is 5.54. The summed E-state index contributed by atoms with van der Waals surface area (Å²) in [6, 6.07) is 8.93. The van der Waals surface area contributed by atoms with Crippen molar-refractivity contribution in [1.29, 1.82) is 5.26 Å². The zero-order chi connectivity index (χ0) is 13.0. The molecule has 0 aromatic heterocycles. The van der Waals surface area contributed by atoms with E-state index in [0.29, 0.717) is 16.6 Å². The molecular formula is C12H9N3O2S. The largest absolute Gasteiger partial charge is 0.479 e. The Bertz CT molecular complexity index is 558. The minimum atomic E-state index is -0.246. The van der Waals surface area contributed by atoms with Crippen molar-refractivity contribution in [2.24, 2.45) is 0 Å². The molecule has 6 heteroatoms. The Balaban J connectivity index is 2.11. The van der Waals surface area contributed by atoms with E-state index in [-0.39, 0.29) is 12.5 Å². The molecule has 0 saturated carbocycles. The maximum absolute atomic E-state index is 11.4. The molecule has 5 nitrogen and oxygen atoms in total. The summed E-state index contributed by atoms with van der Waals surface area (Å²) in [4.78, 5) is 11.4. The summed E-state index contributed by atoms with van der Waals surface area (Å²) in [5.41, 5.74) is 1.24. The highest BCUT2D eigenvalue weighted by Crippen LogP contribution is 2.14. The molecule has 0 radical (unpaired) electrons. The van der Waals surface area contributed by atoms with E-state index in [1.54, 1.807) is 30.3 Å². The Morgan fingerprint density at radius 3 is 2.61 bits per heavy atom. The van der Waals surface area contributed by atoms with Crippen LogP contribution in [0.3, 0.4) is 0 Å². The van der Waals surface area contributed by atoms with Gasteiger partial charge >= 0.3 is 0 Å². The van der Waals surface area contributed by atoms with E-state index in [1.807, 2.05) is 6.07 Å². The van der Waals surface area contributed by atoms with Gasteiger partial charge < -0.3 is 10.1 Å². The predicted octanol–water partition coefficient (Wildman–Crippen LogP) is 0.934. The van der Waals surface area contributed by atoms with Crippen LogP contribution in [-0.2, 0) is 4.79 Å². The van der Waals surface area contributed by atoms with Gasteiger partial charge in [-0.3, -0.25) is 10.1 Å². The minimum Gasteiger partial charge on any atom is -0.479 e. The van der Waals surface area contributed by atoms with Crippen LogP contribution in [0.2, 0.25) is 0 Å². The molecule has 2 rings (SSSR count). The molecule has 2 N–H and O–H groups in total. The molecule has 1 saturated heterocycles. The second kappa shape index (κ2) is 5.29. The number of carbonyl (C=O) groups is 1. The highest BCUT2D eigenvalue weighted by atomic mass is 32.1. The summed E-state index contributed by atoms with van der Waals surface area (Å²) < 4.78 is 5.12. The number of nitrogens with zero attached hydrogens (tertiary/aromatic N) is 1. The summed E-state index contributed by atoms with van der Waals surface area (Å²) in [5.74, 6) is 0.364. The zero-order valence-electron chi connectivity index (χ0n) is 9.27. The molecule has 1 aliphatic rings. The zero-order valence-corrected chi connectivity index (χ0v) is 10.1. The summed E-state index contributed by atoms with van der Waals surface area (Å²) in [7, 11) is 0. The van der Waals surface area contributed by atoms with Crippen LogP contribution in [0.4, 0.5) is 0 Å². The molecule has 0 unspecified atom stereocenters. The van der Waals surface area contributed by atoms with Gasteiger partial charge in [0.25, 0.3) is 5.91 Å². The molecular weight excluding hydrogens is 250 g/mol. The Labute approximate surface area is 109 Å². The van der Waals surface area contributed by atoms with Gasteiger partial charge in [-0.1, -0.05) is 12.1 Å². The van der Waals surface area contributed by atoms with Crippen LogP contribution in [0.25, 0.3) is 6.08 Å². The lowest BCUT2D eigenvalue weighted by Crippen LogP contribution is -2.21. The number of carbonyl (C=O) groups excluding carboxylic acids is 1. The van der Waals surface area contributed by atoms with Crippen molar-refractivity contribution in [3.63, 3.8) is 0 Å². The first-order chi connectivity index (χ1) is 8.69. The topological polar surface area (TPSA) is 74.2 Å². The summed E-state index contributed by atoms with van der Waals surface area (Å²) in [6.07, 6.45) is 1.68. The van der Waals surface area contributed by atoms with Gasteiger partial charge in [0.05, 0.1) is 0 Å². The van der Waals surface area contributed by atoms with E-state index in [4.69, 9.17) is 22.2 Å². The van der Waals surface area contributed by atoms with Gasteiger partial charge in [0.1, 0.15) is 17.5 Å². The van der Waals surface area contributed by atoms with Gasteiger partial charge in [-0.25, -0.2) is 0 Å². The molecule has 1 amide bonds. The van der Waals surface area contributed by atoms with Crippen LogP contribution in [-0.4, -0.2) is 17.6 Å². The molecule has 1 aromatic carbocycles. The monoisotopic (exact) mass is 259 g/mol. The number of benzene rings is 1. The Hall–Kier alpha value is -2.39. The highest BCUT2D eigenvalue weighted by Gasteiger charge is 2.19. The number of hydrogen-bond donors (Lipinski definition) is 2. The van der Waals surface area contributed by atoms with Crippen LogP contribution in [0.1, 0.15) is 5.56 Å². The Morgan fingerprint density at radius 2 is 2.06 bits per heavy atom. The van der Waals surface area contributed by atoms with Crippen molar-refractivity contribution in [3.8, 4) is 11.8 Å². The van der Waals surface area contributed by atoms with Crippen molar-refractivity contribution in [2.75, 3.05) is 6.61 Å². The van der Waals surface area contributed by atoms with Crippen molar-refractivity contribution >= 4 is 29.3 Å². The van der Waals surface area contributed by atoms with E-state index < -0.39 is 0 Å². The third kappa shape index (κ3) is 2.84. The number of nitriles is 1. The smallest absolute Gasteiger partial charge is 0.273 e. The molecule has 1 fully saturated rings. The van der Waals surface area contributed by atoms with Crippen LogP contribution < -0.4 is 15.4 Å². The fourth-order valence-electron chi connectivity index (χ4n) is 1.42. The highest BCUT2D eigenvalue weighted by molar-refractivity contribution is 7.80. The maximum Gasteiger partial charge on any atom is 0.273 e. The van der Waals surface area contributed by atoms with Gasteiger partial charge in [-0.2, -0.15) is 5.26 Å². The predicted molar refractivity (Wildman–Crippen MR) is 69.4 cm³/mol. The second-order valence-electron chi connectivity index (χ2n) is 3.48. The van der Waals surface area contributed by atoms with E-state index in [0.717, 1.165) is 5.56 Å². The lowest BCUT2D eigenvalue weighted by molar-refractivity contribution is -0.115. The van der Waals surface area contributed by atoms with Gasteiger partial charge in [-0.15, -0.1) is 0 Å². The fourth-order valence-corrected chi connectivity index (χ4v) is 1.63. The van der Waals surface area contributed by atoms with E-state index >= 15 is 0 Å². The molecule has 0 bridgehead atoms. The molecule has 90 valence electrons. The molecule has 1 aromatic rings. The number of ether oxygens (including phenoxy) is 1. The molecule has 0 aliphatic carbocycles. The Kier molecular flexibility index (Phi) is 3.55. The fraction of sp³-hybridized carbons (Fsp3) is 0.0833. The van der Waals surface area contributed by atoms with Crippen LogP contribution in [0.5, 0.6) is 5.75 Å². The molecule has 0 spiro atoms. The van der Waals surface area contributed by atoms with Crippen molar-refractivity contribution in [2.45, 2.75) is 0 Å².